The minimum atomic E-state index is -0.899. The van der Waals surface area contributed by atoms with Gasteiger partial charge in [0.15, 0.2) is 0 Å². The number of hydrogen-bond donors (Lipinski definition) is 2. The molecule has 2 rings (SSSR count). The van der Waals surface area contributed by atoms with Gasteiger partial charge in [0.05, 0.1) is 11.1 Å². The number of thioether (sulfide) groups is 1. The van der Waals surface area contributed by atoms with Gasteiger partial charge >= 0.3 is 0 Å². The fourth-order valence-corrected chi connectivity index (χ4v) is 2.85. The molecule has 4 nitrogen and oxygen atoms in total. The molecule has 1 atom stereocenters. The second kappa shape index (κ2) is 7.42. The summed E-state index contributed by atoms with van der Waals surface area (Å²) in [6, 6.07) is 9.71. The van der Waals surface area contributed by atoms with E-state index in [1.54, 1.807) is 31.0 Å². The number of aliphatic hydroxyl groups is 1. The van der Waals surface area contributed by atoms with E-state index >= 15 is 0 Å². The van der Waals surface area contributed by atoms with Gasteiger partial charge in [-0.2, -0.15) is 11.8 Å². The Morgan fingerprint density at radius 1 is 1.41 bits per heavy atom. The van der Waals surface area contributed by atoms with Crippen LogP contribution in [0.4, 0.5) is 0 Å². The summed E-state index contributed by atoms with van der Waals surface area (Å²) < 4.78 is 0. The first-order valence-corrected chi connectivity index (χ1v) is 8.42. The van der Waals surface area contributed by atoms with Gasteiger partial charge in [-0.25, -0.2) is 0 Å². The van der Waals surface area contributed by atoms with Gasteiger partial charge in [0.2, 0.25) is 5.91 Å². The highest BCUT2D eigenvalue weighted by Crippen LogP contribution is 2.17. The number of aromatic nitrogens is 1. The molecule has 0 radical (unpaired) electrons. The molecule has 1 heterocycles. The van der Waals surface area contributed by atoms with E-state index in [9.17, 15) is 9.90 Å². The van der Waals surface area contributed by atoms with Crippen molar-refractivity contribution in [2.75, 3.05) is 18.6 Å². The Morgan fingerprint density at radius 3 is 2.95 bits per heavy atom. The molecule has 1 amide bonds. The van der Waals surface area contributed by atoms with Crippen LogP contribution in [0, 0.1) is 0 Å². The Kier molecular flexibility index (Phi) is 5.57. The molecule has 0 aliphatic rings. The van der Waals surface area contributed by atoms with Gasteiger partial charge in [0.25, 0.3) is 0 Å². The monoisotopic (exact) mass is 316 g/mol. The number of benzene rings is 1. The summed E-state index contributed by atoms with van der Waals surface area (Å²) in [5.74, 6) is 0.346. The molecule has 0 spiro atoms. The zero-order valence-electron chi connectivity index (χ0n) is 12.7. The van der Waals surface area contributed by atoms with Crippen molar-refractivity contribution in [1.82, 2.24) is 10.3 Å². The lowest BCUT2D eigenvalue weighted by atomic mass is 10.1. The number of para-hydroxylation sites is 1. The average Bonchev–Trinajstić information content (AvgIpc) is 2.51. The number of hydrogen-bond acceptors (Lipinski definition) is 4. The van der Waals surface area contributed by atoms with Crippen LogP contribution in [0.2, 0.25) is 0 Å². The quantitative estimate of drug-likeness (QED) is 0.804. The van der Waals surface area contributed by atoms with Crippen LogP contribution in [0.3, 0.4) is 0 Å². The molecular formula is C17H20N2O2S. The minimum Gasteiger partial charge on any atom is -0.387 e. The highest BCUT2D eigenvalue weighted by molar-refractivity contribution is 7.98. The predicted octanol–water partition coefficient (Wildman–Crippen LogP) is 2.48. The molecule has 5 heteroatoms. The van der Waals surface area contributed by atoms with Crippen molar-refractivity contribution in [2.24, 2.45) is 0 Å². The number of fused-ring (bicyclic) bond motifs is 1. The van der Waals surface area contributed by atoms with E-state index in [1.165, 1.54) is 6.08 Å². The lowest BCUT2D eigenvalue weighted by Gasteiger charge is -2.21. The smallest absolute Gasteiger partial charge is 0.244 e. The summed E-state index contributed by atoms with van der Waals surface area (Å²) in [6.45, 7) is 1.94. The molecule has 1 aromatic carbocycles. The second-order valence-electron chi connectivity index (χ2n) is 5.40. The lowest BCUT2D eigenvalue weighted by molar-refractivity contribution is -0.117. The normalized spacial score (nSPS) is 14.1. The molecule has 0 aliphatic carbocycles. The first-order valence-electron chi connectivity index (χ1n) is 7.03. The Bertz CT molecular complexity index is 678. The standard InChI is InChI=1S/C17H20N2O2S/c1-17(21,12-22-2)11-19-15(20)9-8-14-6-3-5-13-7-4-10-18-16(13)14/h3-10,21H,11-12H2,1-2H3,(H,19,20). The van der Waals surface area contributed by atoms with Gasteiger partial charge in [0, 0.05) is 35.5 Å². The Morgan fingerprint density at radius 2 is 2.18 bits per heavy atom. The molecule has 0 bridgehead atoms. The van der Waals surface area contributed by atoms with Crippen molar-refractivity contribution >= 4 is 34.6 Å². The van der Waals surface area contributed by atoms with Crippen LogP contribution < -0.4 is 5.32 Å². The van der Waals surface area contributed by atoms with Gasteiger partial charge in [-0.05, 0) is 25.3 Å². The van der Waals surface area contributed by atoms with Crippen molar-refractivity contribution in [3.05, 3.63) is 48.2 Å². The maximum atomic E-state index is 11.9. The number of nitrogens with zero attached hydrogens (tertiary/aromatic N) is 1. The number of amides is 1. The molecule has 116 valence electrons. The number of carbonyl (C=O) groups excluding carboxylic acids is 1. The fourth-order valence-electron chi connectivity index (χ4n) is 2.13. The van der Waals surface area contributed by atoms with Crippen LogP contribution in [-0.4, -0.2) is 40.2 Å². The summed E-state index contributed by atoms with van der Waals surface area (Å²) in [5.41, 5.74) is 0.858. The summed E-state index contributed by atoms with van der Waals surface area (Å²) in [4.78, 5) is 16.2. The van der Waals surface area contributed by atoms with E-state index in [2.05, 4.69) is 10.3 Å². The van der Waals surface area contributed by atoms with Gasteiger partial charge in [-0.3, -0.25) is 9.78 Å². The van der Waals surface area contributed by atoms with Crippen LogP contribution in [0.1, 0.15) is 12.5 Å². The molecule has 2 aromatic rings. The highest BCUT2D eigenvalue weighted by atomic mass is 32.2. The van der Waals surface area contributed by atoms with Crippen molar-refractivity contribution in [1.29, 1.82) is 0 Å². The number of pyridine rings is 1. The molecule has 0 aliphatic heterocycles. The number of nitrogens with one attached hydrogen (secondary N) is 1. The molecule has 22 heavy (non-hydrogen) atoms. The van der Waals surface area contributed by atoms with Crippen LogP contribution in [0.25, 0.3) is 17.0 Å². The maximum absolute atomic E-state index is 11.9. The summed E-state index contributed by atoms with van der Waals surface area (Å²) >= 11 is 1.54. The first-order chi connectivity index (χ1) is 10.5. The number of rotatable bonds is 6. The third-order valence-electron chi connectivity index (χ3n) is 3.18. The van der Waals surface area contributed by atoms with E-state index in [0.717, 1.165) is 16.5 Å². The summed E-state index contributed by atoms with van der Waals surface area (Å²) in [7, 11) is 0. The summed E-state index contributed by atoms with van der Waals surface area (Å²) in [5, 5.41) is 13.8. The van der Waals surface area contributed by atoms with E-state index in [1.807, 2.05) is 36.6 Å². The Hall–Kier alpha value is -1.85. The van der Waals surface area contributed by atoms with Crippen LogP contribution in [0.5, 0.6) is 0 Å². The largest absolute Gasteiger partial charge is 0.387 e. The van der Waals surface area contributed by atoms with Crippen molar-refractivity contribution in [3.8, 4) is 0 Å². The average molecular weight is 316 g/mol. The van der Waals surface area contributed by atoms with Crippen molar-refractivity contribution in [2.45, 2.75) is 12.5 Å². The molecule has 1 aromatic heterocycles. The third-order valence-corrected chi connectivity index (χ3v) is 4.09. The van der Waals surface area contributed by atoms with Crippen LogP contribution in [-0.2, 0) is 4.79 Å². The molecule has 0 saturated heterocycles. The van der Waals surface area contributed by atoms with E-state index in [-0.39, 0.29) is 12.5 Å². The lowest BCUT2D eigenvalue weighted by Crippen LogP contribution is -2.41. The Balaban J connectivity index is 2.03. The topological polar surface area (TPSA) is 62.2 Å². The van der Waals surface area contributed by atoms with E-state index in [4.69, 9.17) is 0 Å². The maximum Gasteiger partial charge on any atom is 0.244 e. The third kappa shape index (κ3) is 4.58. The van der Waals surface area contributed by atoms with Crippen molar-refractivity contribution < 1.29 is 9.90 Å². The minimum absolute atomic E-state index is 0.227. The van der Waals surface area contributed by atoms with Gasteiger partial charge in [0.1, 0.15) is 0 Å². The molecule has 1 unspecified atom stereocenters. The van der Waals surface area contributed by atoms with Gasteiger partial charge in [-0.1, -0.05) is 24.3 Å². The summed E-state index contributed by atoms with van der Waals surface area (Å²) in [6.07, 6.45) is 6.87. The van der Waals surface area contributed by atoms with E-state index in [0.29, 0.717) is 5.75 Å². The SMILES string of the molecule is CSCC(C)(O)CNC(=O)C=Cc1cccc2cccnc12. The first kappa shape index (κ1) is 16.5. The predicted molar refractivity (Wildman–Crippen MR) is 92.8 cm³/mol. The van der Waals surface area contributed by atoms with Crippen molar-refractivity contribution in [3.63, 3.8) is 0 Å². The van der Waals surface area contributed by atoms with Gasteiger partial charge in [-0.15, -0.1) is 0 Å². The zero-order chi connectivity index (χ0) is 16.0. The fraction of sp³-hybridized carbons (Fsp3) is 0.294. The molecule has 0 fully saturated rings. The highest BCUT2D eigenvalue weighted by Gasteiger charge is 2.19. The Labute approximate surface area is 134 Å². The van der Waals surface area contributed by atoms with E-state index < -0.39 is 5.60 Å². The zero-order valence-corrected chi connectivity index (χ0v) is 13.6. The van der Waals surface area contributed by atoms with Crippen LogP contribution >= 0.6 is 11.8 Å². The molecule has 2 N–H and O–H groups in total. The second-order valence-corrected chi connectivity index (χ2v) is 6.27. The number of carbonyl (C=O) groups is 1. The van der Waals surface area contributed by atoms with Crippen LogP contribution in [0.15, 0.2) is 42.6 Å². The molecular weight excluding hydrogens is 296 g/mol. The van der Waals surface area contributed by atoms with Gasteiger partial charge < -0.3 is 10.4 Å². The molecule has 0 saturated carbocycles.